The molecule has 0 aromatic heterocycles. The maximum absolute atomic E-state index is 14.2. The molecule has 3 amide bonds. The molecule has 8 heteroatoms. The van der Waals surface area contributed by atoms with Crippen molar-refractivity contribution in [3.8, 4) is 5.75 Å². The van der Waals surface area contributed by atoms with Gasteiger partial charge in [-0.1, -0.05) is 30.3 Å². The topological polar surface area (TPSA) is 53.1 Å². The second-order valence-electron chi connectivity index (χ2n) is 7.58. The van der Waals surface area contributed by atoms with Crippen molar-refractivity contribution in [2.45, 2.75) is 11.7 Å². The van der Waals surface area contributed by atoms with Crippen molar-refractivity contribution in [3.05, 3.63) is 59.9 Å². The summed E-state index contributed by atoms with van der Waals surface area (Å²) in [7, 11) is 1.58. The molecule has 0 spiro atoms. The number of nitrogens with zero attached hydrogens (tertiary/aromatic N) is 3. The number of hydrogen-bond acceptors (Lipinski definition) is 4. The van der Waals surface area contributed by atoms with E-state index in [9.17, 15) is 14.0 Å². The number of carbonyl (C=O) groups excluding carboxylic acids is 2. The highest BCUT2D eigenvalue weighted by Gasteiger charge is 2.33. The zero-order valence-corrected chi connectivity index (χ0v) is 18.3. The number of hydrogen-bond donors (Lipinski definition) is 0. The first-order valence-corrected chi connectivity index (χ1v) is 11.5. The van der Waals surface area contributed by atoms with E-state index in [1.54, 1.807) is 39.6 Å². The van der Waals surface area contributed by atoms with Crippen LogP contribution in [0.3, 0.4) is 0 Å². The smallest absolute Gasteiger partial charge is 0.325 e. The van der Waals surface area contributed by atoms with Crippen LogP contribution in [0.1, 0.15) is 17.2 Å². The Balaban J connectivity index is 1.36. The van der Waals surface area contributed by atoms with Crippen molar-refractivity contribution in [2.75, 3.05) is 50.5 Å². The van der Waals surface area contributed by atoms with Crippen LogP contribution in [0.5, 0.6) is 5.75 Å². The molecule has 31 heavy (non-hydrogen) atoms. The van der Waals surface area contributed by atoms with E-state index >= 15 is 0 Å². The second-order valence-corrected chi connectivity index (χ2v) is 8.89. The summed E-state index contributed by atoms with van der Waals surface area (Å²) in [6.45, 7) is 2.22. The lowest BCUT2D eigenvalue weighted by Crippen LogP contribution is -2.43. The SMILES string of the molecule is COc1ccccc1N1CCN(CC(=O)N2CCSC(c3ccccc3F)CC2)C1=O. The first-order chi connectivity index (χ1) is 15.1. The minimum Gasteiger partial charge on any atom is -0.495 e. The number of rotatable bonds is 5. The molecule has 1 unspecified atom stereocenters. The number of methoxy groups -OCH3 is 1. The summed E-state index contributed by atoms with van der Waals surface area (Å²) >= 11 is 1.68. The van der Waals surface area contributed by atoms with E-state index in [4.69, 9.17) is 4.74 Å². The van der Waals surface area contributed by atoms with E-state index in [1.807, 2.05) is 36.4 Å². The average Bonchev–Trinajstić information content (AvgIpc) is 2.99. The number of amides is 3. The molecule has 0 saturated carbocycles. The van der Waals surface area contributed by atoms with Gasteiger partial charge in [-0.2, -0.15) is 11.8 Å². The summed E-state index contributed by atoms with van der Waals surface area (Å²) in [6, 6.07) is 14.0. The number of thioether (sulfide) groups is 1. The van der Waals surface area contributed by atoms with E-state index in [0.29, 0.717) is 49.6 Å². The molecule has 2 saturated heterocycles. The highest BCUT2D eigenvalue weighted by Crippen LogP contribution is 2.36. The molecule has 0 bridgehead atoms. The number of benzene rings is 2. The van der Waals surface area contributed by atoms with Gasteiger partial charge in [0, 0.05) is 42.7 Å². The maximum Gasteiger partial charge on any atom is 0.325 e. The van der Waals surface area contributed by atoms with Gasteiger partial charge >= 0.3 is 6.03 Å². The van der Waals surface area contributed by atoms with Crippen LogP contribution in [-0.4, -0.2) is 67.3 Å². The van der Waals surface area contributed by atoms with Crippen molar-refractivity contribution < 1.29 is 18.7 Å². The molecule has 0 N–H and O–H groups in total. The van der Waals surface area contributed by atoms with Gasteiger partial charge in [-0.15, -0.1) is 0 Å². The van der Waals surface area contributed by atoms with Gasteiger partial charge in [0.1, 0.15) is 18.1 Å². The van der Waals surface area contributed by atoms with Crippen LogP contribution in [0.4, 0.5) is 14.9 Å². The molecular formula is C23H26FN3O3S. The van der Waals surface area contributed by atoms with Crippen LogP contribution in [0.25, 0.3) is 0 Å². The second kappa shape index (κ2) is 9.60. The minimum atomic E-state index is -0.195. The van der Waals surface area contributed by atoms with Crippen LogP contribution in [0.2, 0.25) is 0 Å². The van der Waals surface area contributed by atoms with Gasteiger partial charge in [-0.05, 0) is 24.6 Å². The summed E-state index contributed by atoms with van der Waals surface area (Å²) < 4.78 is 19.5. The highest BCUT2D eigenvalue weighted by molar-refractivity contribution is 7.99. The van der Waals surface area contributed by atoms with E-state index in [1.165, 1.54) is 6.07 Å². The molecule has 2 aliphatic rings. The van der Waals surface area contributed by atoms with Gasteiger partial charge in [0.2, 0.25) is 5.91 Å². The molecule has 0 radical (unpaired) electrons. The number of halogens is 1. The number of anilines is 1. The fourth-order valence-corrected chi connectivity index (χ4v) is 5.33. The highest BCUT2D eigenvalue weighted by atomic mass is 32.2. The van der Waals surface area contributed by atoms with Gasteiger partial charge in [0.15, 0.2) is 0 Å². The predicted octanol–water partition coefficient (Wildman–Crippen LogP) is 3.78. The van der Waals surface area contributed by atoms with E-state index < -0.39 is 0 Å². The lowest BCUT2D eigenvalue weighted by Gasteiger charge is -2.24. The van der Waals surface area contributed by atoms with Gasteiger partial charge in [0.05, 0.1) is 12.8 Å². The van der Waals surface area contributed by atoms with E-state index in [0.717, 1.165) is 5.75 Å². The molecule has 6 nitrogen and oxygen atoms in total. The van der Waals surface area contributed by atoms with Gasteiger partial charge in [-0.25, -0.2) is 9.18 Å². The number of ether oxygens (including phenoxy) is 1. The summed E-state index contributed by atoms with van der Waals surface area (Å²) in [4.78, 5) is 30.9. The largest absolute Gasteiger partial charge is 0.495 e. The predicted molar refractivity (Wildman–Crippen MR) is 120 cm³/mol. The van der Waals surface area contributed by atoms with Crippen LogP contribution >= 0.6 is 11.8 Å². The summed E-state index contributed by atoms with van der Waals surface area (Å²) in [6.07, 6.45) is 0.693. The average molecular weight is 444 g/mol. The molecule has 2 aromatic carbocycles. The normalized spacial score (nSPS) is 19.5. The fraction of sp³-hybridized carbons (Fsp3) is 0.391. The Morgan fingerprint density at radius 2 is 1.87 bits per heavy atom. The van der Waals surface area contributed by atoms with Crippen molar-refractivity contribution >= 4 is 29.4 Å². The molecule has 1 atom stereocenters. The Hall–Kier alpha value is -2.74. The van der Waals surface area contributed by atoms with Crippen LogP contribution in [0.15, 0.2) is 48.5 Å². The molecule has 4 rings (SSSR count). The molecule has 2 aliphatic heterocycles. The monoisotopic (exact) mass is 443 g/mol. The first kappa shape index (κ1) is 21.5. The fourth-order valence-electron chi connectivity index (χ4n) is 4.07. The van der Waals surface area contributed by atoms with E-state index in [-0.39, 0.29) is 29.6 Å². The van der Waals surface area contributed by atoms with Gasteiger partial charge in [-0.3, -0.25) is 9.69 Å². The minimum absolute atomic E-state index is 0.0356. The molecular weight excluding hydrogens is 417 g/mol. The zero-order chi connectivity index (χ0) is 21.8. The molecule has 2 fully saturated rings. The number of para-hydroxylation sites is 2. The van der Waals surface area contributed by atoms with Crippen LogP contribution in [-0.2, 0) is 4.79 Å². The summed E-state index contributed by atoms with van der Waals surface area (Å²) in [5.41, 5.74) is 1.41. The number of carbonyl (C=O) groups is 2. The Morgan fingerprint density at radius 3 is 2.68 bits per heavy atom. The van der Waals surface area contributed by atoms with Crippen molar-refractivity contribution in [2.24, 2.45) is 0 Å². The van der Waals surface area contributed by atoms with Crippen LogP contribution < -0.4 is 9.64 Å². The molecule has 164 valence electrons. The lowest BCUT2D eigenvalue weighted by molar-refractivity contribution is -0.131. The van der Waals surface area contributed by atoms with Crippen molar-refractivity contribution in [1.29, 1.82) is 0 Å². The molecule has 0 aliphatic carbocycles. The molecule has 2 heterocycles. The summed E-state index contributed by atoms with van der Waals surface area (Å²) in [5, 5.41) is 0.0356. The van der Waals surface area contributed by atoms with Crippen molar-refractivity contribution in [3.63, 3.8) is 0 Å². The Bertz CT molecular complexity index is 957. The Labute approximate surface area is 185 Å². The molecule has 2 aromatic rings. The van der Waals surface area contributed by atoms with Gasteiger partial charge in [0.25, 0.3) is 0 Å². The quantitative estimate of drug-likeness (QED) is 0.706. The third kappa shape index (κ3) is 4.63. The summed E-state index contributed by atoms with van der Waals surface area (Å²) in [5.74, 6) is 1.11. The maximum atomic E-state index is 14.2. The van der Waals surface area contributed by atoms with Gasteiger partial charge < -0.3 is 14.5 Å². The zero-order valence-electron chi connectivity index (χ0n) is 17.5. The Kier molecular flexibility index (Phi) is 6.65. The van der Waals surface area contributed by atoms with E-state index in [2.05, 4.69) is 0 Å². The van der Waals surface area contributed by atoms with Crippen LogP contribution in [0, 0.1) is 5.82 Å². The standard InChI is InChI=1S/C23H26FN3O3S/c1-30-20-9-5-4-8-19(20)27-13-12-26(23(27)29)16-22(28)25-11-10-21(31-15-14-25)17-6-2-3-7-18(17)24/h2-9,21H,10-16H2,1H3. The number of urea groups is 1. The first-order valence-electron chi connectivity index (χ1n) is 10.4. The Morgan fingerprint density at radius 1 is 1.10 bits per heavy atom. The lowest BCUT2D eigenvalue weighted by atomic mass is 10.1. The van der Waals surface area contributed by atoms with Crippen molar-refractivity contribution in [1.82, 2.24) is 9.80 Å². The third-order valence-electron chi connectivity index (χ3n) is 5.74. The third-order valence-corrected chi connectivity index (χ3v) is 7.05.